The zero-order valence-electron chi connectivity index (χ0n) is 9.16. The van der Waals surface area contributed by atoms with E-state index in [4.69, 9.17) is 5.73 Å². The third-order valence-electron chi connectivity index (χ3n) is 2.35. The van der Waals surface area contributed by atoms with Crippen LogP contribution in [0.3, 0.4) is 0 Å². The molecule has 1 atom stereocenters. The summed E-state index contributed by atoms with van der Waals surface area (Å²) in [4.78, 5) is 11.0. The van der Waals surface area contributed by atoms with Crippen molar-refractivity contribution in [2.45, 2.75) is 19.4 Å². The number of carbonyl (C=O) groups is 1. The molecule has 0 aliphatic heterocycles. The number of methoxy groups -OCH3 is 1. The van der Waals surface area contributed by atoms with Crippen molar-refractivity contribution in [3.63, 3.8) is 0 Å². The molecule has 88 valence electrons. The zero-order chi connectivity index (χ0) is 12.3. The van der Waals surface area contributed by atoms with Crippen LogP contribution in [0.15, 0.2) is 12.1 Å². The summed E-state index contributed by atoms with van der Waals surface area (Å²) >= 11 is 0. The van der Waals surface area contributed by atoms with Crippen LogP contribution in [0.1, 0.15) is 23.6 Å². The summed E-state index contributed by atoms with van der Waals surface area (Å²) in [6.07, 6.45) is -0.176. The van der Waals surface area contributed by atoms with Crippen molar-refractivity contribution in [3.05, 3.63) is 29.1 Å². The number of phenols is 1. The van der Waals surface area contributed by atoms with E-state index < -0.39 is 17.8 Å². The minimum Gasteiger partial charge on any atom is -0.507 e. The fraction of sp³-hybridized carbons (Fsp3) is 0.364. The summed E-state index contributed by atoms with van der Waals surface area (Å²) < 4.78 is 17.9. The molecule has 0 spiro atoms. The Morgan fingerprint density at radius 2 is 2.25 bits per heavy atom. The first-order valence-electron chi connectivity index (χ1n) is 4.77. The molecule has 3 N–H and O–H groups in total. The molecular formula is C11H14FNO3. The fourth-order valence-electron chi connectivity index (χ4n) is 1.41. The van der Waals surface area contributed by atoms with Crippen molar-refractivity contribution in [1.29, 1.82) is 0 Å². The van der Waals surface area contributed by atoms with Gasteiger partial charge in [-0.15, -0.1) is 0 Å². The highest BCUT2D eigenvalue weighted by molar-refractivity contribution is 5.70. The van der Waals surface area contributed by atoms with Crippen LogP contribution in [-0.4, -0.2) is 18.2 Å². The van der Waals surface area contributed by atoms with Crippen molar-refractivity contribution in [3.8, 4) is 5.75 Å². The number of halogens is 1. The molecule has 0 saturated carbocycles. The molecule has 0 unspecified atom stereocenters. The number of aryl methyl sites for hydroxylation is 1. The predicted octanol–water partition coefficient (Wildman–Crippen LogP) is 1.40. The molecule has 1 aromatic carbocycles. The van der Waals surface area contributed by atoms with E-state index in [0.717, 1.165) is 0 Å². The number of phenolic OH excluding ortho intramolecular Hbond substituents is 1. The van der Waals surface area contributed by atoms with E-state index in [9.17, 15) is 14.3 Å². The third kappa shape index (κ3) is 2.49. The lowest BCUT2D eigenvalue weighted by molar-refractivity contribution is -0.141. The monoisotopic (exact) mass is 227 g/mol. The molecule has 0 heterocycles. The number of carbonyl (C=O) groups excluding carboxylic acids is 1. The Labute approximate surface area is 92.8 Å². The first-order chi connectivity index (χ1) is 7.47. The van der Waals surface area contributed by atoms with Crippen LogP contribution in [0, 0.1) is 12.7 Å². The molecule has 0 bridgehead atoms. The van der Waals surface area contributed by atoms with Crippen LogP contribution in [0.5, 0.6) is 5.75 Å². The van der Waals surface area contributed by atoms with Gasteiger partial charge in [-0.1, -0.05) is 6.07 Å². The number of ether oxygens (including phenoxy) is 1. The zero-order valence-corrected chi connectivity index (χ0v) is 9.16. The number of benzene rings is 1. The Morgan fingerprint density at radius 1 is 1.62 bits per heavy atom. The molecule has 0 saturated heterocycles. The molecule has 0 aromatic heterocycles. The molecule has 4 nitrogen and oxygen atoms in total. The van der Waals surface area contributed by atoms with Gasteiger partial charge in [-0.2, -0.15) is 0 Å². The van der Waals surface area contributed by atoms with E-state index >= 15 is 0 Å². The lowest BCUT2D eigenvalue weighted by Gasteiger charge is -2.14. The summed E-state index contributed by atoms with van der Waals surface area (Å²) in [6.45, 7) is 1.63. The molecule has 1 aromatic rings. The van der Waals surface area contributed by atoms with Crippen LogP contribution in [0.4, 0.5) is 4.39 Å². The van der Waals surface area contributed by atoms with Crippen LogP contribution >= 0.6 is 0 Å². The highest BCUT2D eigenvalue weighted by Crippen LogP contribution is 2.30. The molecule has 0 aliphatic carbocycles. The van der Waals surface area contributed by atoms with E-state index in [2.05, 4.69) is 4.74 Å². The van der Waals surface area contributed by atoms with Crippen molar-refractivity contribution < 1.29 is 19.0 Å². The number of esters is 1. The van der Waals surface area contributed by atoms with Gasteiger partial charge < -0.3 is 15.6 Å². The maximum Gasteiger partial charge on any atom is 0.307 e. The molecular weight excluding hydrogens is 213 g/mol. The standard InChI is InChI=1S/C11H14FNO3/c1-6-3-4-7(12)10(11(6)15)8(13)5-9(14)16-2/h3-4,8,15H,5,13H2,1-2H3/t8-/m1/s1. The summed E-state index contributed by atoms with van der Waals surface area (Å²) in [5, 5.41) is 9.66. The van der Waals surface area contributed by atoms with E-state index in [0.29, 0.717) is 5.56 Å². The topological polar surface area (TPSA) is 72.5 Å². The van der Waals surface area contributed by atoms with Crippen molar-refractivity contribution in [2.75, 3.05) is 7.11 Å². The molecule has 0 fully saturated rings. The summed E-state index contributed by atoms with van der Waals surface area (Å²) in [6, 6.07) is 1.74. The smallest absolute Gasteiger partial charge is 0.307 e. The average molecular weight is 227 g/mol. The minimum atomic E-state index is -0.910. The SMILES string of the molecule is COC(=O)C[C@@H](N)c1c(F)ccc(C)c1O. The Balaban J connectivity index is 3.03. The summed E-state index contributed by atoms with van der Waals surface area (Å²) in [5.41, 5.74) is 6.10. The quantitative estimate of drug-likeness (QED) is 0.765. The van der Waals surface area contributed by atoms with Crippen LogP contribution < -0.4 is 5.73 Å². The fourth-order valence-corrected chi connectivity index (χ4v) is 1.41. The Morgan fingerprint density at radius 3 is 2.81 bits per heavy atom. The third-order valence-corrected chi connectivity index (χ3v) is 2.35. The second kappa shape index (κ2) is 4.94. The van der Waals surface area contributed by atoms with E-state index in [1.54, 1.807) is 6.92 Å². The summed E-state index contributed by atoms with van der Waals surface area (Å²) in [5.74, 6) is -1.39. The number of hydrogen-bond acceptors (Lipinski definition) is 4. The van der Waals surface area contributed by atoms with Gasteiger partial charge in [0, 0.05) is 11.6 Å². The maximum absolute atomic E-state index is 13.4. The molecule has 1 rings (SSSR count). The van der Waals surface area contributed by atoms with Gasteiger partial charge in [-0.05, 0) is 18.6 Å². The Hall–Kier alpha value is -1.62. The van der Waals surface area contributed by atoms with Gasteiger partial charge in [0.25, 0.3) is 0 Å². The van der Waals surface area contributed by atoms with Gasteiger partial charge >= 0.3 is 5.97 Å². The molecule has 0 amide bonds. The van der Waals surface area contributed by atoms with E-state index in [-0.39, 0.29) is 17.7 Å². The van der Waals surface area contributed by atoms with E-state index in [1.165, 1.54) is 19.2 Å². The number of nitrogens with two attached hydrogens (primary N) is 1. The minimum absolute atomic E-state index is 0.0506. The maximum atomic E-state index is 13.4. The van der Waals surface area contributed by atoms with E-state index in [1.807, 2.05) is 0 Å². The largest absolute Gasteiger partial charge is 0.507 e. The van der Waals surface area contributed by atoms with Crippen LogP contribution in [0.25, 0.3) is 0 Å². The molecule has 16 heavy (non-hydrogen) atoms. The lowest BCUT2D eigenvalue weighted by atomic mass is 10.0. The lowest BCUT2D eigenvalue weighted by Crippen LogP contribution is -2.18. The van der Waals surface area contributed by atoms with Gasteiger partial charge in [0.05, 0.1) is 13.5 Å². The van der Waals surface area contributed by atoms with Gasteiger partial charge in [-0.3, -0.25) is 4.79 Å². The number of rotatable bonds is 3. The second-order valence-corrected chi connectivity index (χ2v) is 3.51. The van der Waals surface area contributed by atoms with Crippen LogP contribution in [0.2, 0.25) is 0 Å². The highest BCUT2D eigenvalue weighted by Gasteiger charge is 2.20. The normalized spacial score (nSPS) is 12.2. The van der Waals surface area contributed by atoms with Crippen molar-refractivity contribution in [2.24, 2.45) is 5.73 Å². The van der Waals surface area contributed by atoms with Gasteiger partial charge in [0.1, 0.15) is 11.6 Å². The predicted molar refractivity (Wildman–Crippen MR) is 56.4 cm³/mol. The summed E-state index contributed by atoms with van der Waals surface area (Å²) in [7, 11) is 1.22. The average Bonchev–Trinajstić information content (AvgIpc) is 2.24. The molecule has 0 aliphatic rings. The number of aromatic hydroxyl groups is 1. The van der Waals surface area contributed by atoms with Crippen LogP contribution in [-0.2, 0) is 9.53 Å². The van der Waals surface area contributed by atoms with Gasteiger partial charge in [0.15, 0.2) is 0 Å². The second-order valence-electron chi connectivity index (χ2n) is 3.51. The van der Waals surface area contributed by atoms with Gasteiger partial charge in [-0.25, -0.2) is 4.39 Å². The Bertz CT molecular complexity index is 406. The van der Waals surface area contributed by atoms with Crippen molar-refractivity contribution >= 4 is 5.97 Å². The first-order valence-corrected chi connectivity index (χ1v) is 4.77. The van der Waals surface area contributed by atoms with Crippen molar-refractivity contribution in [1.82, 2.24) is 0 Å². The molecule has 0 radical (unpaired) electrons. The Kier molecular flexibility index (Phi) is 3.84. The number of hydrogen-bond donors (Lipinski definition) is 2. The molecule has 5 heteroatoms. The first kappa shape index (κ1) is 12.4. The highest BCUT2D eigenvalue weighted by atomic mass is 19.1. The van der Waals surface area contributed by atoms with Gasteiger partial charge in [0.2, 0.25) is 0 Å².